The Balaban J connectivity index is 2.30. The number of anilines is 1. The van der Waals surface area contributed by atoms with E-state index in [1.54, 1.807) is 0 Å². The number of nitrogens with zero attached hydrogens (tertiary/aromatic N) is 3. The summed E-state index contributed by atoms with van der Waals surface area (Å²) in [5.41, 5.74) is 10.9. The average Bonchev–Trinajstić information content (AvgIpc) is 2.82. The fraction of sp³-hybridized carbons (Fsp3) is 0.625. The van der Waals surface area contributed by atoms with Gasteiger partial charge in [0.15, 0.2) is 17.7 Å². The van der Waals surface area contributed by atoms with Crippen LogP contribution in [0.5, 0.6) is 0 Å². The van der Waals surface area contributed by atoms with E-state index >= 15 is 0 Å². The number of aliphatic hydroxyl groups excluding tert-OH is 3. The second kappa shape index (κ2) is 4.49. The zero-order valence-corrected chi connectivity index (χ0v) is 9.26. The molecule has 100 valence electrons. The third-order valence-corrected chi connectivity index (χ3v) is 2.74. The third-order valence-electron chi connectivity index (χ3n) is 2.74. The summed E-state index contributed by atoms with van der Waals surface area (Å²) in [6.45, 7) is -0.455. The van der Waals surface area contributed by atoms with Crippen molar-refractivity contribution < 1.29 is 20.1 Å². The molecule has 4 atom stereocenters. The Kier molecular flexibility index (Phi) is 3.17. The van der Waals surface area contributed by atoms with Gasteiger partial charge in [0.2, 0.25) is 0 Å². The lowest BCUT2D eigenvalue weighted by Crippen LogP contribution is -2.33. The summed E-state index contributed by atoms with van der Waals surface area (Å²) in [7, 11) is 0. The van der Waals surface area contributed by atoms with E-state index in [4.69, 9.17) is 26.7 Å². The van der Waals surface area contributed by atoms with Crippen LogP contribution in [0.3, 0.4) is 0 Å². The van der Waals surface area contributed by atoms with Gasteiger partial charge in [-0.2, -0.15) is 4.68 Å². The number of aromatic nitrogens is 3. The van der Waals surface area contributed by atoms with Crippen molar-refractivity contribution in [2.45, 2.75) is 24.5 Å². The fourth-order valence-electron chi connectivity index (χ4n) is 1.76. The predicted molar refractivity (Wildman–Crippen MR) is 58.5 cm³/mol. The first kappa shape index (κ1) is 12.7. The molecule has 2 heterocycles. The van der Waals surface area contributed by atoms with Gasteiger partial charge in [0.25, 0.3) is 0 Å². The molecule has 0 saturated carbocycles. The zero-order valence-electron chi connectivity index (χ0n) is 9.26. The summed E-state index contributed by atoms with van der Waals surface area (Å²) in [5, 5.41) is 42.7. The van der Waals surface area contributed by atoms with Crippen molar-refractivity contribution in [1.82, 2.24) is 15.0 Å². The van der Waals surface area contributed by atoms with E-state index in [-0.39, 0.29) is 17.3 Å². The summed E-state index contributed by atoms with van der Waals surface area (Å²) in [5.74, 6) is -0.428. The molecule has 18 heavy (non-hydrogen) atoms. The van der Waals surface area contributed by atoms with Crippen LogP contribution >= 0.6 is 0 Å². The Morgan fingerprint density at radius 2 is 2.11 bits per heavy atom. The number of nitrogens with one attached hydrogen (secondary N) is 1. The van der Waals surface area contributed by atoms with Crippen molar-refractivity contribution in [3.05, 3.63) is 5.69 Å². The van der Waals surface area contributed by atoms with E-state index in [9.17, 15) is 10.2 Å². The maximum atomic E-state index is 9.77. The summed E-state index contributed by atoms with van der Waals surface area (Å²) in [6.07, 6.45) is -4.59. The normalized spacial score (nSPS) is 31.7. The van der Waals surface area contributed by atoms with Crippen LogP contribution in [0.15, 0.2) is 0 Å². The predicted octanol–water partition coefficient (Wildman–Crippen LogP) is -3.24. The van der Waals surface area contributed by atoms with E-state index in [1.165, 1.54) is 0 Å². The molecule has 10 nitrogen and oxygen atoms in total. The third kappa shape index (κ3) is 1.80. The van der Waals surface area contributed by atoms with Crippen LogP contribution in [-0.4, -0.2) is 61.1 Å². The monoisotopic (exact) mass is 258 g/mol. The standard InChI is InChI=1S/C8H14N6O4/c9-6(10)3-7(11)14(13-12-3)8-5(17)4(16)2(1-15)18-8/h2,4-5,8,15-17H,1,11H2,(H3,9,10). The number of nitrogen functional groups attached to an aromatic ring is 2. The Morgan fingerprint density at radius 3 is 2.56 bits per heavy atom. The quantitative estimate of drug-likeness (QED) is 0.242. The van der Waals surface area contributed by atoms with Crippen molar-refractivity contribution in [2.75, 3.05) is 12.3 Å². The second-order valence-corrected chi connectivity index (χ2v) is 3.91. The molecule has 1 aliphatic heterocycles. The van der Waals surface area contributed by atoms with Crippen molar-refractivity contribution in [3.8, 4) is 0 Å². The van der Waals surface area contributed by atoms with Crippen LogP contribution < -0.4 is 11.5 Å². The van der Waals surface area contributed by atoms with Gasteiger partial charge in [-0.25, -0.2) is 0 Å². The minimum Gasteiger partial charge on any atom is -0.394 e. The number of aliphatic hydroxyl groups is 3. The van der Waals surface area contributed by atoms with Gasteiger partial charge in [0.1, 0.15) is 24.1 Å². The van der Waals surface area contributed by atoms with Crippen LogP contribution in [0.1, 0.15) is 11.9 Å². The minimum absolute atomic E-state index is 0.0345. The average molecular weight is 258 g/mol. The highest BCUT2D eigenvalue weighted by Crippen LogP contribution is 2.30. The van der Waals surface area contributed by atoms with Crippen LogP contribution in [-0.2, 0) is 4.74 Å². The molecule has 0 aliphatic carbocycles. The highest BCUT2D eigenvalue weighted by atomic mass is 16.6. The smallest absolute Gasteiger partial charge is 0.183 e. The number of ether oxygens (including phenoxy) is 1. The molecule has 0 bridgehead atoms. The Labute approximate surface area is 101 Å². The summed E-state index contributed by atoms with van der Waals surface area (Å²) in [6, 6.07) is 0. The second-order valence-electron chi connectivity index (χ2n) is 3.91. The first-order valence-corrected chi connectivity index (χ1v) is 5.15. The molecular weight excluding hydrogens is 244 g/mol. The minimum atomic E-state index is -1.31. The van der Waals surface area contributed by atoms with Crippen LogP contribution in [0.2, 0.25) is 0 Å². The molecular formula is C8H14N6O4. The Morgan fingerprint density at radius 1 is 1.44 bits per heavy atom. The fourth-order valence-corrected chi connectivity index (χ4v) is 1.76. The van der Waals surface area contributed by atoms with Crippen molar-refractivity contribution in [2.24, 2.45) is 5.73 Å². The maximum absolute atomic E-state index is 9.77. The van der Waals surface area contributed by atoms with Crippen LogP contribution in [0.25, 0.3) is 0 Å². The number of hydrogen-bond acceptors (Lipinski definition) is 8. The van der Waals surface area contributed by atoms with Crippen LogP contribution in [0.4, 0.5) is 5.82 Å². The first-order valence-electron chi connectivity index (χ1n) is 5.15. The van der Waals surface area contributed by atoms with Crippen molar-refractivity contribution in [1.29, 1.82) is 5.41 Å². The van der Waals surface area contributed by atoms with E-state index in [2.05, 4.69) is 10.3 Å². The number of rotatable bonds is 3. The SMILES string of the molecule is N=C(N)c1nnn(C2OC(CO)C(O)C2O)c1N. The van der Waals surface area contributed by atoms with Crippen molar-refractivity contribution in [3.63, 3.8) is 0 Å². The van der Waals surface area contributed by atoms with Gasteiger partial charge in [-0.05, 0) is 0 Å². The van der Waals surface area contributed by atoms with E-state index in [1.807, 2.05) is 0 Å². The molecule has 10 heteroatoms. The molecule has 2 rings (SSSR count). The largest absolute Gasteiger partial charge is 0.394 e. The van der Waals surface area contributed by atoms with Gasteiger partial charge in [-0.3, -0.25) is 5.41 Å². The van der Waals surface area contributed by atoms with Crippen molar-refractivity contribution >= 4 is 11.7 Å². The highest BCUT2D eigenvalue weighted by molar-refractivity contribution is 5.96. The van der Waals surface area contributed by atoms with Gasteiger partial charge in [0.05, 0.1) is 6.61 Å². The van der Waals surface area contributed by atoms with Gasteiger partial charge >= 0.3 is 0 Å². The molecule has 4 unspecified atom stereocenters. The lowest BCUT2D eigenvalue weighted by atomic mass is 10.1. The summed E-state index contributed by atoms with van der Waals surface area (Å²) >= 11 is 0. The van der Waals surface area contributed by atoms with Gasteiger partial charge in [-0.1, -0.05) is 5.21 Å². The lowest BCUT2D eigenvalue weighted by Gasteiger charge is -2.15. The molecule has 0 spiro atoms. The Hall–Kier alpha value is -1.75. The summed E-state index contributed by atoms with van der Waals surface area (Å²) in [4.78, 5) is 0. The van der Waals surface area contributed by atoms with Gasteiger partial charge < -0.3 is 31.5 Å². The maximum Gasteiger partial charge on any atom is 0.183 e. The van der Waals surface area contributed by atoms with E-state index < -0.39 is 31.1 Å². The molecule has 8 N–H and O–H groups in total. The number of amidine groups is 1. The number of nitrogens with two attached hydrogens (primary N) is 2. The molecule has 1 aromatic rings. The number of hydrogen-bond donors (Lipinski definition) is 6. The van der Waals surface area contributed by atoms with E-state index in [0.717, 1.165) is 4.68 Å². The molecule has 0 radical (unpaired) electrons. The molecule has 1 fully saturated rings. The molecule has 0 amide bonds. The highest BCUT2D eigenvalue weighted by Gasteiger charge is 2.44. The first-order chi connectivity index (χ1) is 8.47. The zero-order chi connectivity index (χ0) is 13.4. The molecule has 1 saturated heterocycles. The topological polar surface area (TPSA) is 177 Å². The van der Waals surface area contributed by atoms with Gasteiger partial charge in [0, 0.05) is 0 Å². The lowest BCUT2D eigenvalue weighted by molar-refractivity contribution is -0.0582. The van der Waals surface area contributed by atoms with Gasteiger partial charge in [-0.15, -0.1) is 5.10 Å². The molecule has 1 aliphatic rings. The van der Waals surface area contributed by atoms with Crippen LogP contribution in [0, 0.1) is 5.41 Å². The summed E-state index contributed by atoms with van der Waals surface area (Å²) < 4.78 is 6.23. The molecule has 1 aromatic heterocycles. The Bertz CT molecular complexity index is 462. The molecule has 0 aromatic carbocycles. The van der Waals surface area contributed by atoms with E-state index in [0.29, 0.717) is 0 Å².